The Bertz CT molecular complexity index is 1680. The Morgan fingerprint density at radius 1 is 1.03 bits per heavy atom. The molecule has 0 radical (unpaired) electrons. The number of nitrogen functional groups attached to an aromatic ring is 1. The number of rotatable bonds is 4. The van der Waals surface area contributed by atoms with Crippen LogP contribution in [-0.4, -0.2) is 36.6 Å². The van der Waals surface area contributed by atoms with Gasteiger partial charge in [0, 0.05) is 21.1 Å². The lowest BCUT2D eigenvalue weighted by molar-refractivity contribution is 0.0988. The number of nitrogens with one attached hydrogen (secondary N) is 1. The van der Waals surface area contributed by atoms with Crippen LogP contribution in [0.3, 0.4) is 0 Å². The largest absolute Gasteiger partial charge is 0.383 e. The van der Waals surface area contributed by atoms with Gasteiger partial charge in [-0.05, 0) is 17.7 Å². The van der Waals surface area contributed by atoms with Crippen LogP contribution in [0.1, 0.15) is 16.1 Å². The SMILES string of the molecule is CN(C(=O)c1ccc2c(=O)n(C)c(=O)n(C)c2n1)c1c(N)n(Cc2ccccc2)c(=O)[nH]c1=O. The fourth-order valence-electron chi connectivity index (χ4n) is 3.67. The van der Waals surface area contributed by atoms with Crippen molar-refractivity contribution in [1.29, 1.82) is 0 Å². The van der Waals surface area contributed by atoms with Gasteiger partial charge in [-0.2, -0.15) is 0 Å². The van der Waals surface area contributed by atoms with Gasteiger partial charge in [-0.15, -0.1) is 0 Å². The van der Waals surface area contributed by atoms with Crippen molar-refractivity contribution in [3.63, 3.8) is 0 Å². The van der Waals surface area contributed by atoms with E-state index in [4.69, 9.17) is 5.73 Å². The maximum atomic E-state index is 13.2. The zero-order valence-corrected chi connectivity index (χ0v) is 18.6. The molecule has 0 aliphatic heterocycles. The normalized spacial score (nSPS) is 11.0. The number of fused-ring (bicyclic) bond motifs is 1. The van der Waals surface area contributed by atoms with Crippen LogP contribution in [0.5, 0.6) is 0 Å². The zero-order valence-electron chi connectivity index (χ0n) is 18.6. The lowest BCUT2D eigenvalue weighted by atomic mass is 10.2. The number of aromatic nitrogens is 5. The summed E-state index contributed by atoms with van der Waals surface area (Å²) in [7, 11) is 4.09. The molecular weight excluding hydrogens is 442 g/mol. The van der Waals surface area contributed by atoms with Gasteiger partial charge < -0.3 is 10.6 Å². The van der Waals surface area contributed by atoms with Gasteiger partial charge in [-0.3, -0.25) is 33.1 Å². The highest BCUT2D eigenvalue weighted by Crippen LogP contribution is 2.19. The second-order valence-corrected chi connectivity index (χ2v) is 7.70. The molecule has 0 atom stereocenters. The number of carbonyl (C=O) groups excluding carboxylic acids is 1. The van der Waals surface area contributed by atoms with Gasteiger partial charge in [-0.1, -0.05) is 30.3 Å². The number of aromatic amines is 1. The summed E-state index contributed by atoms with van der Waals surface area (Å²) >= 11 is 0. The number of anilines is 2. The van der Waals surface area contributed by atoms with Gasteiger partial charge >= 0.3 is 11.4 Å². The Balaban J connectivity index is 1.80. The molecule has 0 saturated carbocycles. The van der Waals surface area contributed by atoms with Crippen LogP contribution >= 0.6 is 0 Å². The summed E-state index contributed by atoms with van der Waals surface area (Å²) in [5.74, 6) is -0.923. The van der Waals surface area contributed by atoms with Crippen LogP contribution < -0.4 is 33.1 Å². The van der Waals surface area contributed by atoms with Crippen molar-refractivity contribution >= 4 is 28.4 Å². The molecule has 4 rings (SSSR count). The Hall–Kier alpha value is -4.74. The van der Waals surface area contributed by atoms with E-state index in [1.165, 1.54) is 33.3 Å². The third kappa shape index (κ3) is 3.60. The van der Waals surface area contributed by atoms with Gasteiger partial charge in [0.05, 0.1) is 11.9 Å². The lowest BCUT2D eigenvalue weighted by Crippen LogP contribution is -2.40. The number of aryl methyl sites for hydroxylation is 1. The predicted octanol–water partition coefficient (Wildman–Crippen LogP) is -0.611. The van der Waals surface area contributed by atoms with E-state index in [1.54, 1.807) is 24.3 Å². The first-order valence-electron chi connectivity index (χ1n) is 10.1. The molecule has 0 saturated heterocycles. The molecular formula is C22H21N7O5. The number of hydrogen-bond donors (Lipinski definition) is 2. The maximum absolute atomic E-state index is 13.2. The van der Waals surface area contributed by atoms with Crippen LogP contribution in [0.4, 0.5) is 11.5 Å². The average molecular weight is 463 g/mol. The Kier molecular flexibility index (Phi) is 5.49. The highest BCUT2D eigenvalue weighted by molar-refractivity contribution is 6.06. The second kappa shape index (κ2) is 8.31. The molecule has 0 unspecified atom stereocenters. The van der Waals surface area contributed by atoms with E-state index < -0.39 is 28.4 Å². The summed E-state index contributed by atoms with van der Waals surface area (Å²) in [5, 5.41) is 0.151. The third-order valence-corrected chi connectivity index (χ3v) is 5.56. The molecule has 3 N–H and O–H groups in total. The lowest BCUT2D eigenvalue weighted by Gasteiger charge is -2.20. The highest BCUT2D eigenvalue weighted by atomic mass is 16.2. The number of hydrogen-bond acceptors (Lipinski definition) is 7. The molecule has 0 fully saturated rings. The minimum Gasteiger partial charge on any atom is -0.383 e. The Labute approximate surface area is 191 Å². The van der Waals surface area contributed by atoms with E-state index in [9.17, 15) is 24.0 Å². The number of benzene rings is 1. The number of H-pyrrole nitrogens is 1. The summed E-state index contributed by atoms with van der Waals surface area (Å²) in [4.78, 5) is 70.1. The first kappa shape index (κ1) is 22.5. The topological polar surface area (TPSA) is 158 Å². The highest BCUT2D eigenvalue weighted by Gasteiger charge is 2.24. The quantitative estimate of drug-likeness (QED) is 0.408. The minimum atomic E-state index is -0.843. The molecule has 4 aromatic rings. The maximum Gasteiger partial charge on any atom is 0.332 e. The number of nitrogens with zero attached hydrogens (tertiary/aromatic N) is 5. The molecule has 3 heterocycles. The zero-order chi connectivity index (χ0) is 24.7. The van der Waals surface area contributed by atoms with Crippen LogP contribution in [0.25, 0.3) is 11.0 Å². The molecule has 34 heavy (non-hydrogen) atoms. The Morgan fingerprint density at radius 2 is 1.71 bits per heavy atom. The monoisotopic (exact) mass is 463 g/mol. The fourth-order valence-corrected chi connectivity index (χ4v) is 3.67. The summed E-state index contributed by atoms with van der Waals surface area (Å²) in [6.45, 7) is 0.0803. The van der Waals surface area contributed by atoms with E-state index in [1.807, 2.05) is 6.07 Å². The molecule has 0 bridgehead atoms. The number of nitrogens with two attached hydrogens (primary N) is 1. The third-order valence-electron chi connectivity index (χ3n) is 5.56. The van der Waals surface area contributed by atoms with Crippen LogP contribution in [0.2, 0.25) is 0 Å². The summed E-state index contributed by atoms with van der Waals surface area (Å²) < 4.78 is 3.24. The standard InChI is InChI=1S/C22H21N7O5/c1-26(15-16(23)29(21(33)25-18(15)30)11-12-7-5-4-6-8-12)20(32)14-10-9-13-17(24-14)27(2)22(34)28(3)19(13)31/h4-10H,11,23H2,1-3H3,(H,25,30,33). The molecule has 0 aliphatic rings. The smallest absolute Gasteiger partial charge is 0.332 e. The first-order valence-corrected chi connectivity index (χ1v) is 10.1. The summed E-state index contributed by atoms with van der Waals surface area (Å²) in [6.07, 6.45) is 0. The van der Waals surface area contributed by atoms with Crippen molar-refractivity contribution in [3.05, 3.63) is 95.4 Å². The summed E-state index contributed by atoms with van der Waals surface area (Å²) in [6, 6.07) is 11.7. The number of carbonyl (C=O) groups is 1. The van der Waals surface area contributed by atoms with E-state index in [-0.39, 0.29) is 34.8 Å². The molecule has 174 valence electrons. The second-order valence-electron chi connectivity index (χ2n) is 7.70. The number of amides is 1. The molecule has 0 aliphatic carbocycles. The molecule has 12 heteroatoms. The first-order chi connectivity index (χ1) is 16.1. The predicted molar refractivity (Wildman–Crippen MR) is 126 cm³/mol. The molecule has 12 nitrogen and oxygen atoms in total. The van der Waals surface area contributed by atoms with Gasteiger partial charge in [0.15, 0.2) is 5.69 Å². The van der Waals surface area contributed by atoms with E-state index >= 15 is 0 Å². The van der Waals surface area contributed by atoms with Crippen LogP contribution in [0.15, 0.2) is 61.6 Å². The number of pyridine rings is 1. The molecule has 3 aromatic heterocycles. The van der Waals surface area contributed by atoms with Crippen LogP contribution in [-0.2, 0) is 20.6 Å². The van der Waals surface area contributed by atoms with Gasteiger partial charge in [0.2, 0.25) is 0 Å². The minimum absolute atomic E-state index is 0.0169. The molecule has 1 aromatic carbocycles. The van der Waals surface area contributed by atoms with Gasteiger partial charge in [0.25, 0.3) is 17.0 Å². The van der Waals surface area contributed by atoms with Gasteiger partial charge in [0.1, 0.15) is 17.2 Å². The van der Waals surface area contributed by atoms with Crippen LogP contribution in [0, 0.1) is 0 Å². The van der Waals surface area contributed by atoms with E-state index in [2.05, 4.69) is 9.97 Å². The average Bonchev–Trinajstić information content (AvgIpc) is 2.83. The van der Waals surface area contributed by atoms with Crippen molar-refractivity contribution < 1.29 is 4.79 Å². The Morgan fingerprint density at radius 3 is 2.38 bits per heavy atom. The van der Waals surface area contributed by atoms with Crippen molar-refractivity contribution in [2.75, 3.05) is 17.7 Å². The van der Waals surface area contributed by atoms with Crippen molar-refractivity contribution in [2.24, 2.45) is 14.1 Å². The van der Waals surface area contributed by atoms with Crippen molar-refractivity contribution in [1.82, 2.24) is 23.7 Å². The van der Waals surface area contributed by atoms with Crippen molar-refractivity contribution in [3.8, 4) is 0 Å². The van der Waals surface area contributed by atoms with E-state index in [0.717, 1.165) is 24.2 Å². The fraction of sp³-hybridized carbons (Fsp3) is 0.182. The van der Waals surface area contributed by atoms with Gasteiger partial charge in [-0.25, -0.2) is 14.6 Å². The molecule has 1 amide bonds. The van der Waals surface area contributed by atoms with E-state index in [0.29, 0.717) is 0 Å². The molecule has 0 spiro atoms. The summed E-state index contributed by atoms with van der Waals surface area (Å²) in [5.41, 5.74) is 3.87. The van der Waals surface area contributed by atoms with Crippen molar-refractivity contribution in [2.45, 2.75) is 6.54 Å².